The molecule has 238 valence electrons. The standard InChI is InChI=1S/C32H45F2N3O6/c1-4-6-11-32(42-12-8-13-43-32)19-28(36-31(40)41-3)30(39)37(20-23-10-7-9-22(5-2)14-23)21-29(38)27(35)17-24-15-25(33)18-26(34)16-24/h7,9-10,14-16,18,27-29,38H,4-6,8,11-13,17,19-21,35H2,1-3H3,(H,36,40)/t27-,28+,29+/m0/s1. The van der Waals surface area contributed by atoms with Gasteiger partial charge in [0.1, 0.15) is 17.7 Å². The molecule has 0 saturated carbocycles. The topological polar surface area (TPSA) is 123 Å². The quantitative estimate of drug-likeness (QED) is 0.278. The lowest BCUT2D eigenvalue weighted by molar-refractivity contribution is -0.276. The van der Waals surface area contributed by atoms with Crippen molar-refractivity contribution in [2.45, 2.75) is 89.3 Å². The number of halogens is 2. The van der Waals surface area contributed by atoms with E-state index in [4.69, 9.17) is 19.9 Å². The number of benzene rings is 2. The van der Waals surface area contributed by atoms with Gasteiger partial charge in [-0.2, -0.15) is 0 Å². The zero-order chi connectivity index (χ0) is 31.4. The van der Waals surface area contributed by atoms with Crippen molar-refractivity contribution in [3.63, 3.8) is 0 Å². The summed E-state index contributed by atoms with van der Waals surface area (Å²) in [7, 11) is 1.21. The summed E-state index contributed by atoms with van der Waals surface area (Å²) in [5, 5.41) is 13.8. The van der Waals surface area contributed by atoms with Crippen LogP contribution in [0, 0.1) is 11.6 Å². The lowest BCUT2D eigenvalue weighted by Gasteiger charge is -2.40. The average molecular weight is 606 g/mol. The average Bonchev–Trinajstić information content (AvgIpc) is 2.99. The van der Waals surface area contributed by atoms with Gasteiger partial charge in [0.25, 0.3) is 0 Å². The molecule has 0 aliphatic carbocycles. The minimum Gasteiger partial charge on any atom is -0.453 e. The summed E-state index contributed by atoms with van der Waals surface area (Å²) in [6, 6.07) is 8.76. The first kappa shape index (κ1) is 34.4. The molecule has 4 N–H and O–H groups in total. The van der Waals surface area contributed by atoms with Crippen LogP contribution < -0.4 is 11.1 Å². The normalized spacial score (nSPS) is 16.6. The van der Waals surface area contributed by atoms with E-state index < -0.39 is 47.6 Å². The van der Waals surface area contributed by atoms with Gasteiger partial charge in [0.05, 0.1) is 26.4 Å². The first-order valence-electron chi connectivity index (χ1n) is 15.0. The number of hydrogen-bond donors (Lipinski definition) is 3. The van der Waals surface area contributed by atoms with Gasteiger partial charge in [-0.15, -0.1) is 0 Å². The van der Waals surface area contributed by atoms with E-state index in [9.17, 15) is 23.5 Å². The molecule has 1 heterocycles. The molecule has 11 heteroatoms. The Bertz CT molecular complexity index is 1170. The summed E-state index contributed by atoms with van der Waals surface area (Å²) >= 11 is 0. The predicted molar refractivity (Wildman–Crippen MR) is 158 cm³/mol. The summed E-state index contributed by atoms with van der Waals surface area (Å²) in [6.45, 7) is 4.91. The number of unbranched alkanes of at least 4 members (excludes halogenated alkanes) is 1. The van der Waals surface area contributed by atoms with Gasteiger partial charge in [0.15, 0.2) is 5.79 Å². The van der Waals surface area contributed by atoms with Crippen molar-refractivity contribution >= 4 is 12.0 Å². The molecular weight excluding hydrogens is 560 g/mol. The third kappa shape index (κ3) is 10.5. The number of carbonyl (C=O) groups is 2. The van der Waals surface area contributed by atoms with E-state index in [-0.39, 0.29) is 31.5 Å². The SMILES string of the molecule is CCCCC1(C[C@@H](NC(=O)OC)C(=O)N(Cc2cccc(CC)c2)C[C@@H](O)[C@@H](N)Cc2cc(F)cc(F)c2)OCCCO1. The molecule has 0 unspecified atom stereocenters. The number of ether oxygens (including phenoxy) is 3. The third-order valence-electron chi connectivity index (χ3n) is 7.60. The van der Waals surface area contributed by atoms with E-state index in [1.165, 1.54) is 12.0 Å². The molecule has 0 aromatic heterocycles. The minimum atomic E-state index is -1.25. The lowest BCUT2D eigenvalue weighted by atomic mass is 9.97. The maximum atomic E-state index is 14.2. The van der Waals surface area contributed by atoms with Crippen LogP contribution in [0.2, 0.25) is 0 Å². The number of amides is 2. The van der Waals surface area contributed by atoms with Gasteiger partial charge < -0.3 is 35.3 Å². The number of aliphatic hydroxyl groups is 1. The molecule has 0 radical (unpaired) electrons. The number of hydrogen-bond acceptors (Lipinski definition) is 7. The maximum absolute atomic E-state index is 14.2. The molecule has 2 aromatic rings. The third-order valence-corrected chi connectivity index (χ3v) is 7.60. The zero-order valence-electron chi connectivity index (χ0n) is 25.3. The molecule has 43 heavy (non-hydrogen) atoms. The van der Waals surface area contributed by atoms with Crippen LogP contribution >= 0.6 is 0 Å². The molecule has 2 aromatic carbocycles. The maximum Gasteiger partial charge on any atom is 0.407 e. The van der Waals surface area contributed by atoms with Crippen LogP contribution in [0.5, 0.6) is 0 Å². The summed E-state index contributed by atoms with van der Waals surface area (Å²) in [5.74, 6) is -3.04. The van der Waals surface area contributed by atoms with Crippen LogP contribution in [0.4, 0.5) is 13.6 Å². The van der Waals surface area contributed by atoms with Crippen LogP contribution in [0.25, 0.3) is 0 Å². The van der Waals surface area contributed by atoms with Crippen molar-refractivity contribution in [1.82, 2.24) is 10.2 Å². The molecular formula is C32H45F2N3O6. The second-order valence-corrected chi connectivity index (χ2v) is 11.1. The summed E-state index contributed by atoms with van der Waals surface area (Å²) in [6.07, 6.45) is 1.70. The van der Waals surface area contributed by atoms with Gasteiger partial charge >= 0.3 is 6.09 Å². The number of nitrogens with two attached hydrogens (primary N) is 1. The number of aliphatic hydroxyl groups excluding tert-OH is 1. The zero-order valence-corrected chi connectivity index (χ0v) is 25.3. The van der Waals surface area contributed by atoms with Gasteiger partial charge in [-0.3, -0.25) is 4.79 Å². The highest BCUT2D eigenvalue weighted by molar-refractivity contribution is 5.85. The Morgan fingerprint density at radius 2 is 1.77 bits per heavy atom. The molecule has 9 nitrogen and oxygen atoms in total. The van der Waals surface area contributed by atoms with E-state index >= 15 is 0 Å². The fourth-order valence-corrected chi connectivity index (χ4v) is 5.26. The van der Waals surface area contributed by atoms with Crippen LogP contribution in [0.15, 0.2) is 42.5 Å². The Morgan fingerprint density at radius 3 is 2.40 bits per heavy atom. The van der Waals surface area contributed by atoms with Gasteiger partial charge in [-0.25, -0.2) is 13.6 Å². The Hall–Kier alpha value is -3.12. The highest BCUT2D eigenvalue weighted by Crippen LogP contribution is 2.31. The number of nitrogens with one attached hydrogen (secondary N) is 1. The highest BCUT2D eigenvalue weighted by Gasteiger charge is 2.41. The number of rotatable bonds is 15. The first-order valence-corrected chi connectivity index (χ1v) is 15.0. The Kier molecular flexibility index (Phi) is 13.3. The van der Waals surface area contributed by atoms with E-state index in [1.807, 2.05) is 38.1 Å². The van der Waals surface area contributed by atoms with Gasteiger partial charge in [0, 0.05) is 38.0 Å². The minimum absolute atomic E-state index is 0.0190. The van der Waals surface area contributed by atoms with Crippen LogP contribution in [-0.4, -0.2) is 72.8 Å². The first-order chi connectivity index (χ1) is 20.6. The second-order valence-electron chi connectivity index (χ2n) is 11.1. The molecule has 0 spiro atoms. The molecule has 1 saturated heterocycles. The number of nitrogens with zero attached hydrogens (tertiary/aromatic N) is 1. The Labute approximate surface area is 252 Å². The Morgan fingerprint density at radius 1 is 1.09 bits per heavy atom. The molecule has 3 rings (SSSR count). The van der Waals surface area contributed by atoms with E-state index in [1.54, 1.807) is 0 Å². The van der Waals surface area contributed by atoms with Crippen LogP contribution in [-0.2, 0) is 38.4 Å². The van der Waals surface area contributed by atoms with E-state index in [0.717, 1.165) is 55.0 Å². The van der Waals surface area contributed by atoms with Crippen LogP contribution in [0.3, 0.4) is 0 Å². The number of alkyl carbamates (subject to hydrolysis) is 1. The molecule has 0 bridgehead atoms. The van der Waals surface area contributed by atoms with Gasteiger partial charge in [0.2, 0.25) is 5.91 Å². The van der Waals surface area contributed by atoms with Crippen molar-refractivity contribution in [2.75, 3.05) is 26.9 Å². The highest BCUT2D eigenvalue weighted by atomic mass is 19.1. The summed E-state index contributed by atoms with van der Waals surface area (Å²) in [5.41, 5.74) is 8.46. The molecule has 1 aliphatic rings. The molecule has 1 fully saturated rings. The van der Waals surface area contributed by atoms with Crippen molar-refractivity contribution < 1.29 is 37.7 Å². The van der Waals surface area contributed by atoms with Crippen molar-refractivity contribution in [3.05, 3.63) is 70.8 Å². The molecule has 2 amide bonds. The Balaban J connectivity index is 1.90. The van der Waals surface area contributed by atoms with Crippen molar-refractivity contribution in [3.8, 4) is 0 Å². The van der Waals surface area contributed by atoms with Crippen LogP contribution in [0.1, 0.15) is 62.6 Å². The lowest BCUT2D eigenvalue weighted by Crippen LogP contribution is -2.56. The number of aryl methyl sites for hydroxylation is 1. The monoisotopic (exact) mass is 605 g/mol. The van der Waals surface area contributed by atoms with Gasteiger partial charge in [-0.1, -0.05) is 44.5 Å². The summed E-state index contributed by atoms with van der Waals surface area (Å²) < 4.78 is 44.5. The van der Waals surface area contributed by atoms with Crippen molar-refractivity contribution in [1.29, 1.82) is 0 Å². The summed E-state index contributed by atoms with van der Waals surface area (Å²) in [4.78, 5) is 28.1. The fourth-order valence-electron chi connectivity index (χ4n) is 5.26. The molecule has 3 atom stereocenters. The fraction of sp³-hybridized carbons (Fsp3) is 0.562. The smallest absolute Gasteiger partial charge is 0.407 e. The molecule has 1 aliphatic heterocycles. The van der Waals surface area contributed by atoms with E-state index in [0.29, 0.717) is 19.6 Å². The number of methoxy groups -OCH3 is 1. The predicted octanol–water partition coefficient (Wildman–Crippen LogP) is 4.22. The van der Waals surface area contributed by atoms with Gasteiger partial charge in [-0.05, 0) is 54.5 Å². The van der Waals surface area contributed by atoms with Crippen molar-refractivity contribution in [2.24, 2.45) is 5.73 Å². The largest absolute Gasteiger partial charge is 0.453 e. The van der Waals surface area contributed by atoms with E-state index in [2.05, 4.69) is 5.32 Å². The number of carbonyl (C=O) groups excluding carboxylic acids is 2. The second kappa shape index (κ2) is 16.7.